The molecule has 1 saturated heterocycles. The van der Waals surface area contributed by atoms with Crippen molar-refractivity contribution in [2.45, 2.75) is 26.0 Å². The summed E-state index contributed by atoms with van der Waals surface area (Å²) < 4.78 is 22.0. The Bertz CT molecular complexity index is 1470. The molecule has 0 saturated carbocycles. The first kappa shape index (κ1) is 25.8. The summed E-state index contributed by atoms with van der Waals surface area (Å²) in [5, 5.41) is 11.9. The van der Waals surface area contributed by atoms with Gasteiger partial charge in [0.1, 0.15) is 17.3 Å². The third-order valence-electron chi connectivity index (χ3n) is 6.11. The monoisotopic (exact) mass is 555 g/mol. The van der Waals surface area contributed by atoms with Crippen molar-refractivity contribution in [2.24, 2.45) is 0 Å². The van der Waals surface area contributed by atoms with E-state index in [9.17, 15) is 14.7 Å². The fraction of sp³-hybridized carbons (Fsp3) is 0.214. The van der Waals surface area contributed by atoms with Gasteiger partial charge in [0.05, 0.1) is 35.4 Å². The van der Waals surface area contributed by atoms with Crippen molar-refractivity contribution in [3.63, 3.8) is 0 Å². The average Bonchev–Trinajstić information content (AvgIpc) is 3.45. The second-order valence-corrected chi connectivity index (χ2v) is 9.75. The first-order valence-electron chi connectivity index (χ1n) is 11.7. The van der Waals surface area contributed by atoms with Crippen LogP contribution in [-0.4, -0.2) is 36.8 Å². The predicted molar refractivity (Wildman–Crippen MR) is 143 cm³/mol. The predicted octanol–water partition coefficient (Wildman–Crippen LogP) is 6.14. The Kier molecular flexibility index (Phi) is 6.86. The third-order valence-corrected chi connectivity index (χ3v) is 6.61. The van der Waals surface area contributed by atoms with Gasteiger partial charge in [-0.15, -0.1) is 0 Å². The van der Waals surface area contributed by atoms with Gasteiger partial charge in [0.15, 0.2) is 11.5 Å². The molecule has 3 aromatic carbocycles. The molecule has 196 valence electrons. The fourth-order valence-electron chi connectivity index (χ4n) is 4.54. The Hall–Kier alpha value is -3.88. The lowest BCUT2D eigenvalue weighted by atomic mass is 9.94. The maximum absolute atomic E-state index is 13.5. The van der Waals surface area contributed by atoms with E-state index >= 15 is 0 Å². The van der Waals surface area contributed by atoms with Crippen molar-refractivity contribution in [1.29, 1.82) is 0 Å². The SMILES string of the molecule is COc1c(Cl)cc(Cl)cc1/C(O)=C1\C(=O)C(=O)N(c2ccc3c(c2)OCO3)C1c1ccc(OC(C)C)cc1. The minimum atomic E-state index is -0.995. The molecular formula is C28H23Cl2NO7. The highest BCUT2D eigenvalue weighted by atomic mass is 35.5. The molecular weight excluding hydrogens is 533 g/mol. The number of amides is 1. The number of carbonyl (C=O) groups excluding carboxylic acids is 2. The van der Waals surface area contributed by atoms with E-state index in [1.54, 1.807) is 42.5 Å². The number of ketones is 1. The topological polar surface area (TPSA) is 94.5 Å². The van der Waals surface area contributed by atoms with Crippen LogP contribution in [0.5, 0.6) is 23.0 Å². The van der Waals surface area contributed by atoms with Gasteiger partial charge < -0.3 is 24.1 Å². The summed E-state index contributed by atoms with van der Waals surface area (Å²) >= 11 is 12.5. The molecule has 0 aliphatic carbocycles. The number of carbonyl (C=O) groups is 2. The summed E-state index contributed by atoms with van der Waals surface area (Å²) in [5.41, 5.74) is 0.880. The summed E-state index contributed by atoms with van der Waals surface area (Å²) in [6, 6.07) is 13.8. The maximum Gasteiger partial charge on any atom is 0.300 e. The number of aliphatic hydroxyl groups excluding tert-OH is 1. The summed E-state index contributed by atoms with van der Waals surface area (Å²) in [5.74, 6) is -0.493. The molecule has 2 heterocycles. The van der Waals surface area contributed by atoms with Crippen molar-refractivity contribution < 1.29 is 33.6 Å². The molecule has 0 bridgehead atoms. The Labute approximate surface area is 228 Å². The highest BCUT2D eigenvalue weighted by Gasteiger charge is 2.47. The van der Waals surface area contributed by atoms with Crippen LogP contribution in [0.25, 0.3) is 5.76 Å². The molecule has 3 aromatic rings. The zero-order valence-corrected chi connectivity index (χ0v) is 22.2. The second kappa shape index (κ2) is 10.1. The highest BCUT2D eigenvalue weighted by Crippen LogP contribution is 2.46. The third kappa shape index (κ3) is 4.50. The van der Waals surface area contributed by atoms with E-state index in [2.05, 4.69) is 0 Å². The van der Waals surface area contributed by atoms with Crippen LogP contribution in [0.1, 0.15) is 31.0 Å². The lowest BCUT2D eigenvalue weighted by Crippen LogP contribution is -2.29. The number of Topliss-reactive ketones (excluding diaryl/α,β-unsaturated/α-hetero) is 1. The van der Waals surface area contributed by atoms with Crippen LogP contribution in [-0.2, 0) is 9.59 Å². The van der Waals surface area contributed by atoms with E-state index in [1.807, 2.05) is 13.8 Å². The summed E-state index contributed by atoms with van der Waals surface area (Å²) in [6.07, 6.45) is -0.0415. The molecule has 38 heavy (non-hydrogen) atoms. The molecule has 1 unspecified atom stereocenters. The minimum Gasteiger partial charge on any atom is -0.507 e. The number of hydrogen-bond donors (Lipinski definition) is 1. The number of anilines is 1. The van der Waals surface area contributed by atoms with Gasteiger partial charge in [-0.05, 0) is 55.8 Å². The van der Waals surface area contributed by atoms with Gasteiger partial charge in [0.25, 0.3) is 11.7 Å². The van der Waals surface area contributed by atoms with Crippen molar-refractivity contribution in [1.82, 2.24) is 0 Å². The highest BCUT2D eigenvalue weighted by molar-refractivity contribution is 6.52. The number of halogens is 2. The standard InChI is InChI=1S/C28H23Cl2NO7/c1-14(2)38-18-7-4-15(5-8-18)24-23(25(32)19-10-16(29)11-20(30)27(19)35-3)26(33)28(34)31(24)17-6-9-21-22(12-17)37-13-36-21/h4-12,14,24,32H,13H2,1-3H3/b25-23+. The molecule has 2 aliphatic heterocycles. The van der Waals surface area contributed by atoms with Crippen LogP contribution in [0.15, 0.2) is 60.2 Å². The Morgan fingerprint density at radius 3 is 2.42 bits per heavy atom. The molecule has 8 nitrogen and oxygen atoms in total. The Morgan fingerprint density at radius 2 is 1.74 bits per heavy atom. The van der Waals surface area contributed by atoms with E-state index in [4.69, 9.17) is 42.1 Å². The van der Waals surface area contributed by atoms with Crippen molar-refractivity contribution in [2.75, 3.05) is 18.8 Å². The number of benzene rings is 3. The zero-order valence-electron chi connectivity index (χ0n) is 20.7. The summed E-state index contributed by atoms with van der Waals surface area (Å²) in [6.45, 7) is 3.87. The second-order valence-electron chi connectivity index (χ2n) is 8.91. The number of fused-ring (bicyclic) bond motifs is 1. The zero-order chi connectivity index (χ0) is 27.1. The van der Waals surface area contributed by atoms with Gasteiger partial charge in [-0.1, -0.05) is 35.3 Å². The lowest BCUT2D eigenvalue weighted by Gasteiger charge is -2.26. The van der Waals surface area contributed by atoms with Crippen LogP contribution in [0, 0.1) is 0 Å². The number of rotatable bonds is 6. The van der Waals surface area contributed by atoms with E-state index < -0.39 is 23.5 Å². The first-order valence-corrected chi connectivity index (χ1v) is 12.5. The Morgan fingerprint density at radius 1 is 1.03 bits per heavy atom. The Balaban J connectivity index is 1.71. The summed E-state index contributed by atoms with van der Waals surface area (Å²) in [4.78, 5) is 28.3. The van der Waals surface area contributed by atoms with Crippen molar-refractivity contribution in [3.8, 4) is 23.0 Å². The molecule has 0 aromatic heterocycles. The lowest BCUT2D eigenvalue weighted by molar-refractivity contribution is -0.132. The largest absolute Gasteiger partial charge is 0.507 e. The molecule has 0 radical (unpaired) electrons. The van der Waals surface area contributed by atoms with Crippen LogP contribution in [0.3, 0.4) is 0 Å². The fourth-order valence-corrected chi connectivity index (χ4v) is 5.11. The maximum atomic E-state index is 13.5. The number of nitrogens with zero attached hydrogens (tertiary/aromatic N) is 1. The normalized spacial score (nSPS) is 17.8. The number of hydrogen-bond acceptors (Lipinski definition) is 7. The van der Waals surface area contributed by atoms with Gasteiger partial charge in [0, 0.05) is 16.8 Å². The smallest absolute Gasteiger partial charge is 0.300 e. The molecule has 1 fully saturated rings. The van der Waals surface area contributed by atoms with Crippen LogP contribution >= 0.6 is 23.2 Å². The van der Waals surface area contributed by atoms with Gasteiger partial charge in [0.2, 0.25) is 6.79 Å². The average molecular weight is 556 g/mol. The molecule has 2 aliphatic rings. The van der Waals surface area contributed by atoms with Crippen LogP contribution in [0.4, 0.5) is 5.69 Å². The van der Waals surface area contributed by atoms with Crippen molar-refractivity contribution in [3.05, 3.63) is 81.3 Å². The minimum absolute atomic E-state index is 0.0415. The number of ether oxygens (including phenoxy) is 4. The number of aliphatic hydroxyl groups is 1. The molecule has 1 N–H and O–H groups in total. The van der Waals surface area contributed by atoms with E-state index in [-0.39, 0.29) is 39.8 Å². The quantitative estimate of drug-likeness (QED) is 0.221. The van der Waals surface area contributed by atoms with E-state index in [0.29, 0.717) is 28.5 Å². The first-order chi connectivity index (χ1) is 18.2. The molecule has 5 rings (SSSR count). The van der Waals surface area contributed by atoms with Gasteiger partial charge in [-0.2, -0.15) is 0 Å². The van der Waals surface area contributed by atoms with Crippen molar-refractivity contribution >= 4 is 46.3 Å². The summed E-state index contributed by atoms with van der Waals surface area (Å²) in [7, 11) is 1.38. The molecule has 1 atom stereocenters. The van der Waals surface area contributed by atoms with Gasteiger partial charge in [-0.25, -0.2) is 0 Å². The van der Waals surface area contributed by atoms with Gasteiger partial charge >= 0.3 is 0 Å². The number of methoxy groups -OCH3 is 1. The van der Waals surface area contributed by atoms with Crippen LogP contribution in [0.2, 0.25) is 10.0 Å². The molecule has 1 amide bonds. The van der Waals surface area contributed by atoms with Gasteiger partial charge in [-0.3, -0.25) is 14.5 Å². The van der Waals surface area contributed by atoms with E-state index in [1.165, 1.54) is 24.1 Å². The molecule has 10 heteroatoms. The van der Waals surface area contributed by atoms with E-state index in [0.717, 1.165) is 0 Å². The molecule has 0 spiro atoms. The van der Waals surface area contributed by atoms with Crippen LogP contribution < -0.4 is 23.8 Å².